The molecule has 53 heavy (non-hydrogen) atoms. The molecule has 0 saturated heterocycles. The molecule has 0 aromatic heterocycles. The van der Waals surface area contributed by atoms with Crippen LogP contribution >= 0.6 is 0 Å². The number of carbonyl (C=O) groups excluding carboxylic acids is 5. The average molecular weight is 734 g/mol. The Balaban J connectivity index is 2.32. The van der Waals surface area contributed by atoms with Crippen molar-refractivity contribution < 1.29 is 24.0 Å². The van der Waals surface area contributed by atoms with Gasteiger partial charge in [0, 0.05) is 34.9 Å². The first kappa shape index (κ1) is 45.6. The summed E-state index contributed by atoms with van der Waals surface area (Å²) in [6, 6.07) is 4.87. The van der Waals surface area contributed by atoms with E-state index in [2.05, 4.69) is 43.6 Å². The minimum atomic E-state index is -0.606. The fourth-order valence-electron chi connectivity index (χ4n) is 6.98. The van der Waals surface area contributed by atoms with Crippen LogP contribution in [0.25, 0.3) is 0 Å². The molecule has 0 radical (unpaired) electrons. The third-order valence-corrected chi connectivity index (χ3v) is 10.3. The number of allylic oxidation sites excluding steroid dienone is 3. The van der Waals surface area contributed by atoms with Gasteiger partial charge < -0.3 is 16.0 Å². The topological polar surface area (TPSA) is 121 Å². The standard InChI is InChI=1S/C45H71N3O5/c1-5-9-13-17-19-23-27-35(25-21-15-11-7-3)43(51)46-38-31-37(45(53)48-41-34-40(49)29-30-42(41)50)32-39(33-38)47-44(52)36(26-22-16-12-8-4)28-24-20-18-14-10-6-2/h29-36H,5-28H2,1-4H3,(H,46,51)(H,47,52)(H,48,53). The number of anilines is 2. The lowest BCUT2D eigenvalue weighted by Crippen LogP contribution is -2.29. The zero-order valence-electron chi connectivity index (χ0n) is 33.6. The third kappa shape index (κ3) is 19.4. The second kappa shape index (κ2) is 28.0. The van der Waals surface area contributed by atoms with Gasteiger partial charge in [-0.3, -0.25) is 24.0 Å². The Morgan fingerprint density at radius 3 is 1.28 bits per heavy atom. The maximum absolute atomic E-state index is 13.8. The maximum atomic E-state index is 13.8. The third-order valence-electron chi connectivity index (χ3n) is 10.3. The van der Waals surface area contributed by atoms with Gasteiger partial charge in [-0.05, 0) is 56.0 Å². The van der Waals surface area contributed by atoms with Crippen LogP contribution in [0.1, 0.15) is 192 Å². The van der Waals surface area contributed by atoms with Crippen molar-refractivity contribution >= 4 is 40.7 Å². The fourth-order valence-corrected chi connectivity index (χ4v) is 6.98. The summed E-state index contributed by atoms with van der Waals surface area (Å²) in [5, 5.41) is 8.76. The van der Waals surface area contributed by atoms with Crippen LogP contribution in [0.3, 0.4) is 0 Å². The summed E-state index contributed by atoms with van der Waals surface area (Å²) in [7, 11) is 0. The molecule has 1 aliphatic carbocycles. The molecule has 0 aliphatic heterocycles. The quantitative estimate of drug-likeness (QED) is 0.0537. The van der Waals surface area contributed by atoms with E-state index in [0.29, 0.717) is 11.4 Å². The first-order chi connectivity index (χ1) is 25.7. The molecule has 0 fully saturated rings. The number of amides is 3. The van der Waals surface area contributed by atoms with Crippen LogP contribution in [0, 0.1) is 11.8 Å². The normalized spacial score (nSPS) is 13.8. The van der Waals surface area contributed by atoms with Gasteiger partial charge in [0.05, 0.1) is 5.70 Å². The van der Waals surface area contributed by atoms with E-state index in [9.17, 15) is 24.0 Å². The van der Waals surface area contributed by atoms with E-state index >= 15 is 0 Å². The summed E-state index contributed by atoms with van der Waals surface area (Å²) in [4.78, 5) is 65.6. The number of carbonyl (C=O) groups is 5. The number of benzene rings is 1. The van der Waals surface area contributed by atoms with E-state index in [0.717, 1.165) is 121 Å². The molecule has 1 aliphatic rings. The molecule has 1 aromatic carbocycles. The molecule has 2 atom stereocenters. The molecule has 1 aromatic rings. The van der Waals surface area contributed by atoms with Gasteiger partial charge in [0.15, 0.2) is 5.78 Å². The van der Waals surface area contributed by atoms with E-state index in [1.807, 2.05) is 0 Å². The smallest absolute Gasteiger partial charge is 0.255 e. The molecule has 296 valence electrons. The zero-order valence-corrected chi connectivity index (χ0v) is 33.6. The summed E-state index contributed by atoms with van der Waals surface area (Å²) >= 11 is 0. The number of ketones is 2. The molecule has 8 heteroatoms. The van der Waals surface area contributed by atoms with Crippen molar-refractivity contribution in [2.75, 3.05) is 10.6 Å². The Hall–Kier alpha value is -3.55. The first-order valence-electron chi connectivity index (χ1n) is 21.3. The summed E-state index contributed by atoms with van der Waals surface area (Å²) in [5.74, 6) is -1.94. The summed E-state index contributed by atoms with van der Waals surface area (Å²) in [6.07, 6.45) is 29.2. The number of nitrogens with one attached hydrogen (secondary N) is 3. The number of rotatable bonds is 30. The molecular weight excluding hydrogens is 663 g/mol. The Bertz CT molecular complexity index is 1270. The van der Waals surface area contributed by atoms with Crippen LogP contribution in [-0.4, -0.2) is 29.3 Å². The Morgan fingerprint density at radius 2 is 0.868 bits per heavy atom. The predicted octanol–water partition coefficient (Wildman–Crippen LogP) is 11.6. The molecule has 3 N–H and O–H groups in total. The molecule has 8 nitrogen and oxygen atoms in total. The monoisotopic (exact) mass is 734 g/mol. The molecule has 3 amide bonds. The lowest BCUT2D eigenvalue weighted by molar-refractivity contribution is -0.121. The van der Waals surface area contributed by atoms with Crippen molar-refractivity contribution in [2.24, 2.45) is 11.8 Å². The largest absolute Gasteiger partial charge is 0.326 e. The maximum Gasteiger partial charge on any atom is 0.255 e. The lowest BCUT2D eigenvalue weighted by Gasteiger charge is -2.20. The van der Waals surface area contributed by atoms with Crippen LogP contribution in [0.15, 0.2) is 42.1 Å². The van der Waals surface area contributed by atoms with E-state index in [1.165, 1.54) is 51.4 Å². The highest BCUT2D eigenvalue weighted by Crippen LogP contribution is 2.26. The van der Waals surface area contributed by atoms with Crippen LogP contribution in [0.2, 0.25) is 0 Å². The van der Waals surface area contributed by atoms with Gasteiger partial charge in [0.2, 0.25) is 17.6 Å². The van der Waals surface area contributed by atoms with Gasteiger partial charge in [-0.15, -0.1) is 0 Å². The average Bonchev–Trinajstić information content (AvgIpc) is 3.14. The first-order valence-corrected chi connectivity index (χ1v) is 21.3. The van der Waals surface area contributed by atoms with Gasteiger partial charge in [-0.2, -0.15) is 0 Å². The van der Waals surface area contributed by atoms with E-state index in [-0.39, 0.29) is 40.7 Å². The fraction of sp³-hybridized carbons (Fsp3) is 0.667. The van der Waals surface area contributed by atoms with Crippen molar-refractivity contribution in [3.8, 4) is 0 Å². The zero-order chi connectivity index (χ0) is 38.7. The lowest BCUT2D eigenvalue weighted by atomic mass is 9.93. The van der Waals surface area contributed by atoms with Crippen LogP contribution < -0.4 is 16.0 Å². The van der Waals surface area contributed by atoms with E-state index < -0.39 is 11.7 Å². The van der Waals surface area contributed by atoms with Gasteiger partial charge in [-0.25, -0.2) is 0 Å². The minimum Gasteiger partial charge on any atom is -0.326 e. The molecule has 0 heterocycles. The molecule has 0 spiro atoms. The van der Waals surface area contributed by atoms with E-state index in [1.54, 1.807) is 18.2 Å². The van der Waals surface area contributed by atoms with Crippen LogP contribution in [0.5, 0.6) is 0 Å². The predicted molar refractivity (Wildman–Crippen MR) is 219 cm³/mol. The summed E-state index contributed by atoms with van der Waals surface area (Å²) in [6.45, 7) is 8.78. The van der Waals surface area contributed by atoms with Gasteiger partial charge in [0.25, 0.3) is 5.91 Å². The van der Waals surface area contributed by atoms with Crippen LogP contribution in [-0.2, 0) is 19.2 Å². The van der Waals surface area contributed by atoms with Crippen molar-refractivity contribution in [3.63, 3.8) is 0 Å². The second-order valence-electron chi connectivity index (χ2n) is 15.1. The minimum absolute atomic E-state index is 0.0809. The summed E-state index contributed by atoms with van der Waals surface area (Å²) in [5.41, 5.74) is 0.879. The Morgan fingerprint density at radius 1 is 0.491 bits per heavy atom. The van der Waals surface area contributed by atoms with Gasteiger partial charge in [-0.1, -0.05) is 156 Å². The van der Waals surface area contributed by atoms with Gasteiger partial charge in [0.1, 0.15) is 0 Å². The Kier molecular flexibility index (Phi) is 24.1. The number of hydrogen-bond donors (Lipinski definition) is 3. The molecule has 0 saturated carbocycles. The van der Waals surface area contributed by atoms with Crippen molar-refractivity contribution in [2.45, 2.75) is 182 Å². The molecule has 0 bridgehead atoms. The summed E-state index contributed by atoms with van der Waals surface area (Å²) < 4.78 is 0. The highest BCUT2D eigenvalue weighted by atomic mass is 16.2. The van der Waals surface area contributed by atoms with Crippen LogP contribution in [0.4, 0.5) is 11.4 Å². The Labute approximate surface area is 321 Å². The number of unbranched alkanes of at least 4 members (excludes halogenated alkanes) is 16. The molecule has 2 rings (SSSR count). The second-order valence-corrected chi connectivity index (χ2v) is 15.1. The van der Waals surface area contributed by atoms with E-state index in [4.69, 9.17) is 0 Å². The molecular formula is C45H71N3O5. The molecule has 2 unspecified atom stereocenters. The number of hydrogen-bond acceptors (Lipinski definition) is 5. The SMILES string of the molecule is CCCCCCCCC(CCCCCC)C(=O)Nc1cc(NC(=O)C(CCCCCC)CCCCCCCC)cc(C(=O)NC2=CC(=O)C=CC2=O)c1. The van der Waals surface area contributed by atoms with Crippen molar-refractivity contribution in [3.05, 3.63) is 47.7 Å². The highest BCUT2D eigenvalue weighted by Gasteiger charge is 2.23. The van der Waals surface area contributed by atoms with Crippen molar-refractivity contribution in [1.29, 1.82) is 0 Å². The highest BCUT2D eigenvalue weighted by molar-refractivity contribution is 6.19. The van der Waals surface area contributed by atoms with Crippen molar-refractivity contribution in [1.82, 2.24) is 5.32 Å². The van der Waals surface area contributed by atoms with Gasteiger partial charge >= 0.3 is 0 Å².